The van der Waals surface area contributed by atoms with Gasteiger partial charge in [-0.15, -0.1) is 0 Å². The summed E-state index contributed by atoms with van der Waals surface area (Å²) in [5.41, 5.74) is 0.675. The van der Waals surface area contributed by atoms with Crippen molar-refractivity contribution in [3.8, 4) is 17.4 Å². The average Bonchev–Trinajstić information content (AvgIpc) is 3.12. The second kappa shape index (κ2) is 8.65. The maximum absolute atomic E-state index is 12.5. The number of rotatable bonds is 4. The number of nitrogens with zero attached hydrogens (tertiary/aromatic N) is 1. The Kier molecular flexibility index (Phi) is 6.26. The van der Waals surface area contributed by atoms with Gasteiger partial charge in [-0.2, -0.15) is 5.26 Å². The highest BCUT2D eigenvalue weighted by Crippen LogP contribution is 2.34. The van der Waals surface area contributed by atoms with Crippen LogP contribution in [0.15, 0.2) is 40.3 Å². The van der Waals surface area contributed by atoms with E-state index in [-0.39, 0.29) is 17.5 Å². The molecule has 6 heteroatoms. The quantitative estimate of drug-likeness (QED) is 0.514. The van der Waals surface area contributed by atoms with Crippen LogP contribution in [0.25, 0.3) is 17.4 Å². The van der Waals surface area contributed by atoms with E-state index in [4.69, 9.17) is 27.6 Å². The van der Waals surface area contributed by atoms with Crippen LogP contribution in [0.1, 0.15) is 38.4 Å². The van der Waals surface area contributed by atoms with E-state index < -0.39 is 0 Å². The molecule has 0 bridgehead atoms. The highest BCUT2D eigenvalue weighted by Gasteiger charge is 2.24. The van der Waals surface area contributed by atoms with Crippen LogP contribution >= 0.6 is 23.2 Å². The van der Waals surface area contributed by atoms with Gasteiger partial charge in [0.2, 0.25) is 0 Å². The predicted octanol–water partition coefficient (Wildman–Crippen LogP) is 5.86. The van der Waals surface area contributed by atoms with E-state index in [1.54, 1.807) is 30.3 Å². The predicted molar refractivity (Wildman–Crippen MR) is 107 cm³/mol. The Morgan fingerprint density at radius 1 is 1.26 bits per heavy atom. The van der Waals surface area contributed by atoms with Gasteiger partial charge in [0.05, 0.1) is 10.0 Å². The second-order valence-electron chi connectivity index (χ2n) is 6.81. The molecule has 1 aliphatic carbocycles. The number of benzene rings is 1. The van der Waals surface area contributed by atoms with Gasteiger partial charge in [-0.1, -0.05) is 49.0 Å². The van der Waals surface area contributed by atoms with E-state index in [9.17, 15) is 10.1 Å². The summed E-state index contributed by atoms with van der Waals surface area (Å²) in [7, 11) is 0. The van der Waals surface area contributed by atoms with Crippen LogP contribution in [0.5, 0.6) is 0 Å². The van der Waals surface area contributed by atoms with Crippen LogP contribution in [0.3, 0.4) is 0 Å². The molecule has 1 aromatic heterocycles. The Morgan fingerprint density at radius 2 is 2.04 bits per heavy atom. The lowest BCUT2D eigenvalue weighted by molar-refractivity contribution is -0.118. The first-order chi connectivity index (χ1) is 13.0. The van der Waals surface area contributed by atoms with Crippen LogP contribution < -0.4 is 5.32 Å². The highest BCUT2D eigenvalue weighted by molar-refractivity contribution is 6.43. The maximum Gasteiger partial charge on any atom is 0.262 e. The monoisotopic (exact) mass is 402 g/mol. The lowest BCUT2D eigenvalue weighted by Gasteiger charge is -2.29. The molecule has 0 unspecified atom stereocenters. The van der Waals surface area contributed by atoms with E-state index in [1.807, 2.05) is 6.07 Å². The molecular weight excluding hydrogens is 383 g/mol. The molecule has 27 heavy (non-hydrogen) atoms. The lowest BCUT2D eigenvalue weighted by Crippen LogP contribution is -2.41. The standard InChI is InChI=1S/C21H20Cl2N2O2/c1-13-5-2-3-8-18(13)25-21(26)14(12-24)11-15-9-10-19(27-15)16-6-4-7-17(22)20(16)23/h4,6-7,9-11,13,18H,2-3,5,8H2,1H3,(H,25,26)/b14-11+/t13-,18-/m1/s1. The zero-order chi connectivity index (χ0) is 19.4. The first-order valence-electron chi connectivity index (χ1n) is 8.96. The molecule has 2 aromatic rings. The number of hydrogen-bond acceptors (Lipinski definition) is 3. The van der Waals surface area contributed by atoms with Crippen LogP contribution in [-0.2, 0) is 4.79 Å². The number of nitrogens with one attached hydrogen (secondary N) is 1. The van der Waals surface area contributed by atoms with Gasteiger partial charge in [0, 0.05) is 17.7 Å². The second-order valence-corrected chi connectivity index (χ2v) is 7.60. The fourth-order valence-electron chi connectivity index (χ4n) is 3.34. The van der Waals surface area contributed by atoms with Crippen LogP contribution in [0, 0.1) is 17.2 Å². The van der Waals surface area contributed by atoms with Gasteiger partial charge in [-0.05, 0) is 43.0 Å². The number of halogens is 2. The first kappa shape index (κ1) is 19.5. The largest absolute Gasteiger partial charge is 0.457 e. The van der Waals surface area contributed by atoms with Crippen LogP contribution in [-0.4, -0.2) is 11.9 Å². The molecule has 0 saturated heterocycles. The molecule has 1 heterocycles. The third kappa shape index (κ3) is 4.55. The lowest BCUT2D eigenvalue weighted by atomic mass is 9.86. The minimum Gasteiger partial charge on any atom is -0.457 e. The Balaban J connectivity index is 1.78. The van der Waals surface area contributed by atoms with Crippen molar-refractivity contribution in [2.75, 3.05) is 0 Å². The van der Waals surface area contributed by atoms with Crippen molar-refractivity contribution in [2.45, 2.75) is 38.6 Å². The van der Waals surface area contributed by atoms with Crippen molar-refractivity contribution in [1.82, 2.24) is 5.32 Å². The molecule has 0 radical (unpaired) electrons. The topological polar surface area (TPSA) is 66.0 Å². The van der Waals surface area contributed by atoms with Crippen molar-refractivity contribution in [3.05, 3.63) is 51.7 Å². The molecule has 140 valence electrons. The molecular formula is C21H20Cl2N2O2. The van der Waals surface area contributed by atoms with Gasteiger partial charge in [-0.25, -0.2) is 0 Å². The number of hydrogen-bond donors (Lipinski definition) is 1. The molecule has 3 rings (SSSR count). The maximum atomic E-state index is 12.5. The van der Waals surface area contributed by atoms with Crippen molar-refractivity contribution < 1.29 is 9.21 Å². The van der Waals surface area contributed by atoms with E-state index in [1.165, 1.54) is 12.5 Å². The number of furan rings is 1. The number of amides is 1. The summed E-state index contributed by atoms with van der Waals surface area (Å²) < 4.78 is 5.75. The smallest absolute Gasteiger partial charge is 0.262 e. The Hall–Kier alpha value is -2.22. The number of nitriles is 1. The third-order valence-electron chi connectivity index (χ3n) is 4.92. The van der Waals surface area contributed by atoms with Gasteiger partial charge in [0.1, 0.15) is 23.2 Å². The van der Waals surface area contributed by atoms with Gasteiger partial charge < -0.3 is 9.73 Å². The number of carbonyl (C=O) groups is 1. The highest BCUT2D eigenvalue weighted by atomic mass is 35.5. The van der Waals surface area contributed by atoms with Crippen molar-refractivity contribution in [2.24, 2.45) is 5.92 Å². The Bertz CT molecular complexity index is 911. The Labute approximate surface area is 168 Å². The Morgan fingerprint density at radius 3 is 2.78 bits per heavy atom. The minimum absolute atomic E-state index is 0.0193. The summed E-state index contributed by atoms with van der Waals surface area (Å²) in [6, 6.07) is 10.8. The van der Waals surface area contributed by atoms with E-state index >= 15 is 0 Å². The molecule has 1 fully saturated rings. The van der Waals surface area contributed by atoms with E-state index in [2.05, 4.69) is 12.2 Å². The summed E-state index contributed by atoms with van der Waals surface area (Å²) in [6.45, 7) is 2.13. The van der Waals surface area contributed by atoms with Crippen molar-refractivity contribution >= 4 is 35.2 Å². The molecule has 1 N–H and O–H groups in total. The summed E-state index contributed by atoms with van der Waals surface area (Å²) in [5, 5.41) is 13.2. The fraction of sp³-hybridized carbons (Fsp3) is 0.333. The number of carbonyl (C=O) groups excluding carboxylic acids is 1. The average molecular weight is 403 g/mol. The molecule has 4 nitrogen and oxygen atoms in total. The molecule has 0 spiro atoms. The van der Waals surface area contributed by atoms with Crippen LogP contribution in [0.4, 0.5) is 0 Å². The molecule has 1 saturated carbocycles. The van der Waals surface area contributed by atoms with Crippen molar-refractivity contribution in [3.63, 3.8) is 0 Å². The van der Waals surface area contributed by atoms with Gasteiger partial charge in [-0.3, -0.25) is 4.79 Å². The molecule has 1 amide bonds. The molecule has 1 aliphatic rings. The fourth-order valence-corrected chi connectivity index (χ4v) is 3.73. The SMILES string of the molecule is C[C@@H]1CCCC[C@H]1NC(=O)/C(C#N)=C/c1ccc(-c2cccc(Cl)c2Cl)o1. The van der Waals surface area contributed by atoms with Gasteiger partial charge >= 0.3 is 0 Å². The summed E-state index contributed by atoms with van der Waals surface area (Å²) in [6.07, 6.45) is 5.78. The summed E-state index contributed by atoms with van der Waals surface area (Å²) >= 11 is 12.3. The van der Waals surface area contributed by atoms with Gasteiger partial charge in [0.25, 0.3) is 5.91 Å². The third-order valence-corrected chi connectivity index (χ3v) is 5.74. The normalized spacial score (nSPS) is 20.1. The summed E-state index contributed by atoms with van der Waals surface area (Å²) in [4.78, 5) is 12.5. The summed E-state index contributed by atoms with van der Waals surface area (Å²) in [5.74, 6) is 0.981. The van der Waals surface area contributed by atoms with Gasteiger partial charge in [0.15, 0.2) is 0 Å². The van der Waals surface area contributed by atoms with E-state index in [0.717, 1.165) is 19.3 Å². The van der Waals surface area contributed by atoms with E-state index in [0.29, 0.717) is 33.0 Å². The minimum atomic E-state index is -0.366. The first-order valence-corrected chi connectivity index (χ1v) is 9.72. The van der Waals surface area contributed by atoms with Crippen LogP contribution in [0.2, 0.25) is 10.0 Å². The molecule has 0 aliphatic heterocycles. The van der Waals surface area contributed by atoms with Crippen molar-refractivity contribution in [1.29, 1.82) is 5.26 Å². The molecule has 2 atom stereocenters. The molecule has 1 aromatic carbocycles. The zero-order valence-corrected chi connectivity index (χ0v) is 16.5. The zero-order valence-electron chi connectivity index (χ0n) is 15.0.